The second-order valence-corrected chi connectivity index (χ2v) is 7.88. The summed E-state index contributed by atoms with van der Waals surface area (Å²) >= 11 is 0. The number of nitrogens with one attached hydrogen (secondary N) is 1. The van der Waals surface area contributed by atoms with Crippen molar-refractivity contribution in [2.75, 3.05) is 13.1 Å². The molecule has 3 N–H and O–H groups in total. The Kier molecular flexibility index (Phi) is 5.87. The molecule has 1 saturated carbocycles. The first-order valence-corrected chi connectivity index (χ1v) is 7.80. The minimum absolute atomic E-state index is 0.341. The first-order chi connectivity index (χ1) is 9.13. The zero-order valence-corrected chi connectivity index (χ0v) is 13.8. The summed E-state index contributed by atoms with van der Waals surface area (Å²) in [6.07, 6.45) is 4.59. The highest BCUT2D eigenvalue weighted by molar-refractivity contribution is 5.67. The van der Waals surface area contributed by atoms with E-state index < -0.39 is 5.60 Å². The number of carbonyl (C=O) groups excluding carboxylic acids is 1. The maximum Gasteiger partial charge on any atom is 0.407 e. The highest BCUT2D eigenvalue weighted by Gasteiger charge is 2.31. The third-order valence-electron chi connectivity index (χ3n) is 4.26. The summed E-state index contributed by atoms with van der Waals surface area (Å²) in [4.78, 5) is 11.7. The van der Waals surface area contributed by atoms with Gasteiger partial charge in [0.15, 0.2) is 0 Å². The SMILES string of the molecule is CC1(C)CCC(C(CN)CNC(=O)OC(C)(C)C)CC1. The van der Waals surface area contributed by atoms with Crippen molar-refractivity contribution >= 4 is 6.09 Å². The number of hydrogen-bond donors (Lipinski definition) is 2. The van der Waals surface area contributed by atoms with Crippen LogP contribution in [0.15, 0.2) is 0 Å². The maximum atomic E-state index is 11.7. The second kappa shape index (κ2) is 6.79. The molecule has 1 aliphatic rings. The van der Waals surface area contributed by atoms with E-state index >= 15 is 0 Å². The predicted octanol–water partition coefficient (Wildman–Crippen LogP) is 3.30. The van der Waals surface area contributed by atoms with Gasteiger partial charge in [-0.1, -0.05) is 13.8 Å². The molecule has 0 aromatic carbocycles. The fourth-order valence-corrected chi connectivity index (χ4v) is 2.86. The van der Waals surface area contributed by atoms with Crippen LogP contribution in [-0.4, -0.2) is 24.8 Å². The Morgan fingerprint density at radius 2 is 1.90 bits per heavy atom. The summed E-state index contributed by atoms with van der Waals surface area (Å²) in [5.74, 6) is 0.988. The molecule has 4 nitrogen and oxygen atoms in total. The van der Waals surface area contributed by atoms with Gasteiger partial charge in [0.2, 0.25) is 0 Å². The lowest BCUT2D eigenvalue weighted by molar-refractivity contribution is 0.0505. The van der Waals surface area contributed by atoms with Gasteiger partial charge < -0.3 is 15.8 Å². The highest BCUT2D eigenvalue weighted by Crippen LogP contribution is 2.40. The van der Waals surface area contributed by atoms with Gasteiger partial charge in [-0.2, -0.15) is 0 Å². The van der Waals surface area contributed by atoms with E-state index in [1.54, 1.807) is 0 Å². The number of ether oxygens (including phenoxy) is 1. The smallest absolute Gasteiger partial charge is 0.407 e. The van der Waals surface area contributed by atoms with Crippen LogP contribution in [0, 0.1) is 17.3 Å². The van der Waals surface area contributed by atoms with Gasteiger partial charge in [-0.05, 0) is 70.3 Å². The monoisotopic (exact) mass is 284 g/mol. The Hall–Kier alpha value is -0.770. The minimum atomic E-state index is -0.447. The first kappa shape index (κ1) is 17.3. The molecule has 1 fully saturated rings. The fraction of sp³-hybridized carbons (Fsp3) is 0.938. The fourth-order valence-electron chi connectivity index (χ4n) is 2.86. The molecule has 0 saturated heterocycles. The number of nitrogens with two attached hydrogens (primary N) is 1. The maximum absolute atomic E-state index is 11.7. The average Bonchev–Trinajstić information content (AvgIpc) is 2.29. The van der Waals surface area contributed by atoms with E-state index in [1.165, 1.54) is 25.7 Å². The average molecular weight is 284 g/mol. The number of alkyl carbamates (subject to hydrolysis) is 1. The Labute approximate surface area is 123 Å². The molecular formula is C16H32N2O2. The Bertz CT molecular complexity index is 311. The molecule has 0 aromatic heterocycles. The molecule has 0 aliphatic heterocycles. The van der Waals surface area contributed by atoms with Crippen molar-refractivity contribution in [1.29, 1.82) is 0 Å². The molecule has 0 aromatic rings. The molecule has 0 radical (unpaired) electrons. The van der Waals surface area contributed by atoms with Crippen LogP contribution in [0.5, 0.6) is 0 Å². The van der Waals surface area contributed by atoms with Crippen LogP contribution >= 0.6 is 0 Å². The minimum Gasteiger partial charge on any atom is -0.444 e. The molecule has 4 heteroatoms. The van der Waals surface area contributed by atoms with Gasteiger partial charge in [0.05, 0.1) is 0 Å². The molecule has 0 bridgehead atoms. The number of hydrogen-bond acceptors (Lipinski definition) is 3. The van der Waals surface area contributed by atoms with Crippen LogP contribution in [-0.2, 0) is 4.74 Å². The molecular weight excluding hydrogens is 252 g/mol. The van der Waals surface area contributed by atoms with Gasteiger partial charge in [-0.15, -0.1) is 0 Å². The summed E-state index contributed by atoms with van der Waals surface area (Å²) in [7, 11) is 0. The van der Waals surface area contributed by atoms with Crippen LogP contribution in [0.25, 0.3) is 0 Å². The van der Waals surface area contributed by atoms with Gasteiger partial charge >= 0.3 is 6.09 Å². The van der Waals surface area contributed by atoms with Crippen molar-refractivity contribution in [3.8, 4) is 0 Å². The molecule has 118 valence electrons. The second-order valence-electron chi connectivity index (χ2n) is 7.88. The number of carbonyl (C=O) groups is 1. The quantitative estimate of drug-likeness (QED) is 0.832. The van der Waals surface area contributed by atoms with Crippen LogP contribution < -0.4 is 11.1 Å². The normalized spacial score (nSPS) is 21.3. The van der Waals surface area contributed by atoms with Crippen LogP contribution in [0.4, 0.5) is 4.79 Å². The van der Waals surface area contributed by atoms with Crippen molar-refractivity contribution in [2.45, 2.75) is 65.9 Å². The zero-order chi connectivity index (χ0) is 15.4. The van der Waals surface area contributed by atoms with Crippen LogP contribution in [0.2, 0.25) is 0 Å². The van der Waals surface area contributed by atoms with Crippen LogP contribution in [0.1, 0.15) is 60.3 Å². The summed E-state index contributed by atoms with van der Waals surface area (Å²) < 4.78 is 5.26. The molecule has 20 heavy (non-hydrogen) atoms. The van der Waals surface area contributed by atoms with Gasteiger partial charge in [0.1, 0.15) is 5.60 Å². The Morgan fingerprint density at radius 1 is 1.35 bits per heavy atom. The molecule has 1 unspecified atom stereocenters. The molecule has 1 atom stereocenters. The summed E-state index contributed by atoms with van der Waals surface area (Å²) in [5, 5.41) is 2.87. The van der Waals surface area contributed by atoms with Gasteiger partial charge in [-0.3, -0.25) is 0 Å². The van der Waals surface area contributed by atoms with E-state index in [4.69, 9.17) is 10.5 Å². The number of amides is 1. The van der Waals surface area contributed by atoms with E-state index in [-0.39, 0.29) is 6.09 Å². The van der Waals surface area contributed by atoms with Crippen molar-refractivity contribution in [3.05, 3.63) is 0 Å². The Morgan fingerprint density at radius 3 is 2.35 bits per heavy atom. The third-order valence-corrected chi connectivity index (χ3v) is 4.26. The predicted molar refractivity (Wildman–Crippen MR) is 82.5 cm³/mol. The molecule has 0 spiro atoms. The van der Waals surface area contributed by atoms with E-state index in [0.29, 0.717) is 30.3 Å². The van der Waals surface area contributed by atoms with Crippen molar-refractivity contribution < 1.29 is 9.53 Å². The lowest BCUT2D eigenvalue weighted by Crippen LogP contribution is -2.40. The van der Waals surface area contributed by atoms with E-state index in [0.717, 1.165) is 0 Å². The lowest BCUT2D eigenvalue weighted by Gasteiger charge is -2.37. The lowest BCUT2D eigenvalue weighted by atomic mass is 9.69. The van der Waals surface area contributed by atoms with Gasteiger partial charge in [0, 0.05) is 6.54 Å². The topological polar surface area (TPSA) is 64.3 Å². The van der Waals surface area contributed by atoms with E-state index in [1.807, 2.05) is 20.8 Å². The third kappa shape index (κ3) is 6.12. The Balaban J connectivity index is 2.39. The molecule has 1 aliphatic carbocycles. The molecule has 1 rings (SSSR count). The highest BCUT2D eigenvalue weighted by atomic mass is 16.6. The van der Waals surface area contributed by atoms with Gasteiger partial charge in [-0.25, -0.2) is 4.79 Å². The van der Waals surface area contributed by atoms with Crippen molar-refractivity contribution in [2.24, 2.45) is 23.0 Å². The van der Waals surface area contributed by atoms with Crippen molar-refractivity contribution in [3.63, 3.8) is 0 Å². The van der Waals surface area contributed by atoms with E-state index in [9.17, 15) is 4.79 Å². The largest absolute Gasteiger partial charge is 0.444 e. The summed E-state index contributed by atoms with van der Waals surface area (Å²) in [6.45, 7) is 11.5. The van der Waals surface area contributed by atoms with Gasteiger partial charge in [0.25, 0.3) is 0 Å². The standard InChI is InChI=1S/C16H32N2O2/c1-15(2,3)20-14(19)18-11-13(10-17)12-6-8-16(4,5)9-7-12/h12-13H,6-11,17H2,1-5H3,(H,18,19). The number of rotatable bonds is 4. The molecule has 1 amide bonds. The van der Waals surface area contributed by atoms with Crippen molar-refractivity contribution in [1.82, 2.24) is 5.32 Å². The zero-order valence-electron chi connectivity index (χ0n) is 13.8. The van der Waals surface area contributed by atoms with E-state index in [2.05, 4.69) is 19.2 Å². The first-order valence-electron chi connectivity index (χ1n) is 7.80. The van der Waals surface area contributed by atoms with Crippen LogP contribution in [0.3, 0.4) is 0 Å². The molecule has 0 heterocycles. The summed E-state index contributed by atoms with van der Waals surface area (Å²) in [5.41, 5.74) is 5.91. The summed E-state index contributed by atoms with van der Waals surface area (Å²) in [6, 6.07) is 0.